The molecule has 1 saturated heterocycles. The molecule has 3 aliphatic rings. The number of fused-ring (bicyclic) bond motifs is 2. The highest BCUT2D eigenvalue weighted by Crippen LogP contribution is 2.35. The fourth-order valence-corrected chi connectivity index (χ4v) is 6.15. The van der Waals surface area contributed by atoms with Gasteiger partial charge in [-0.05, 0) is 43.2 Å². The monoisotopic (exact) mass is 348 g/mol. The third-order valence-corrected chi connectivity index (χ3v) is 7.62. The second-order valence-corrected chi connectivity index (χ2v) is 9.39. The molecule has 1 aromatic rings. The van der Waals surface area contributed by atoms with Crippen molar-refractivity contribution in [2.75, 3.05) is 5.75 Å². The van der Waals surface area contributed by atoms with Gasteiger partial charge in [0.25, 0.3) is 0 Å². The third kappa shape index (κ3) is 2.86. The van der Waals surface area contributed by atoms with Crippen molar-refractivity contribution in [1.82, 2.24) is 10.6 Å². The molecule has 2 N–H and O–H groups in total. The van der Waals surface area contributed by atoms with Gasteiger partial charge in [0.1, 0.15) is 0 Å². The number of benzene rings is 1. The Kier molecular flexibility index (Phi) is 4.12. The van der Waals surface area contributed by atoms with Gasteiger partial charge in [-0.2, -0.15) is 0 Å². The molecule has 2 fully saturated rings. The Morgan fingerprint density at radius 1 is 1.12 bits per heavy atom. The Morgan fingerprint density at radius 2 is 1.92 bits per heavy atom. The first-order chi connectivity index (χ1) is 11.5. The van der Waals surface area contributed by atoms with Crippen LogP contribution in [-0.2, 0) is 14.6 Å². The summed E-state index contributed by atoms with van der Waals surface area (Å²) in [6, 6.07) is 7.17. The molecule has 1 saturated carbocycles. The van der Waals surface area contributed by atoms with Gasteiger partial charge in [0, 0.05) is 6.04 Å². The van der Waals surface area contributed by atoms with Gasteiger partial charge in [-0.15, -0.1) is 0 Å². The van der Waals surface area contributed by atoms with Crippen LogP contribution < -0.4 is 10.6 Å². The highest BCUT2D eigenvalue weighted by Gasteiger charge is 2.39. The molecule has 130 valence electrons. The van der Waals surface area contributed by atoms with Crippen LogP contribution in [0.15, 0.2) is 29.2 Å². The number of nitrogens with one attached hydrogen (secondary N) is 2. The van der Waals surface area contributed by atoms with Crippen LogP contribution in [0.5, 0.6) is 0 Å². The molecule has 4 atom stereocenters. The Bertz CT molecular complexity index is 732. The highest BCUT2D eigenvalue weighted by atomic mass is 32.2. The number of hydrogen-bond donors (Lipinski definition) is 2. The maximum absolute atomic E-state index is 12.7. The molecule has 24 heavy (non-hydrogen) atoms. The summed E-state index contributed by atoms with van der Waals surface area (Å²) in [6.45, 7) is 0. The molecule has 1 aromatic carbocycles. The highest BCUT2D eigenvalue weighted by molar-refractivity contribution is 7.91. The predicted molar refractivity (Wildman–Crippen MR) is 91.3 cm³/mol. The van der Waals surface area contributed by atoms with Crippen LogP contribution in [0.3, 0.4) is 0 Å². The van der Waals surface area contributed by atoms with E-state index < -0.39 is 9.84 Å². The summed E-state index contributed by atoms with van der Waals surface area (Å²) in [7, 11) is -3.21. The van der Waals surface area contributed by atoms with Gasteiger partial charge in [0.05, 0.1) is 22.7 Å². The van der Waals surface area contributed by atoms with Crippen LogP contribution in [0.2, 0.25) is 0 Å². The average molecular weight is 348 g/mol. The summed E-state index contributed by atoms with van der Waals surface area (Å²) in [5, 5.41) is 6.59. The molecule has 1 amide bonds. The lowest BCUT2D eigenvalue weighted by atomic mass is 9.85. The van der Waals surface area contributed by atoms with Gasteiger partial charge >= 0.3 is 0 Å². The van der Waals surface area contributed by atoms with E-state index in [4.69, 9.17) is 0 Å². The van der Waals surface area contributed by atoms with E-state index in [1.54, 1.807) is 12.1 Å². The molecule has 0 aromatic heterocycles. The average Bonchev–Trinajstić information content (AvgIpc) is 3.02. The summed E-state index contributed by atoms with van der Waals surface area (Å²) in [6.07, 6.45) is 6.25. The smallest absolute Gasteiger partial charge is 0.237 e. The largest absolute Gasteiger partial charge is 0.348 e. The van der Waals surface area contributed by atoms with E-state index >= 15 is 0 Å². The second kappa shape index (κ2) is 6.15. The zero-order valence-corrected chi connectivity index (χ0v) is 14.5. The molecular formula is C18H24N2O3S. The molecule has 4 rings (SSSR count). The first kappa shape index (κ1) is 16.1. The minimum absolute atomic E-state index is 0.0171. The number of carbonyl (C=O) groups excluding carboxylic acids is 1. The van der Waals surface area contributed by atoms with Crippen molar-refractivity contribution in [3.8, 4) is 0 Å². The van der Waals surface area contributed by atoms with Gasteiger partial charge in [-0.25, -0.2) is 8.42 Å². The number of rotatable bonds is 2. The van der Waals surface area contributed by atoms with Crippen molar-refractivity contribution < 1.29 is 13.2 Å². The number of amides is 1. The minimum atomic E-state index is -3.21. The minimum Gasteiger partial charge on any atom is -0.348 e. The van der Waals surface area contributed by atoms with Gasteiger partial charge < -0.3 is 10.6 Å². The summed E-state index contributed by atoms with van der Waals surface area (Å²) in [5.74, 6) is 0.732. The summed E-state index contributed by atoms with van der Waals surface area (Å²) in [5.41, 5.74) is 0.729. The van der Waals surface area contributed by atoms with E-state index in [2.05, 4.69) is 10.6 Å². The Balaban J connectivity index is 1.49. The van der Waals surface area contributed by atoms with E-state index in [-0.39, 0.29) is 23.7 Å². The maximum atomic E-state index is 12.7. The molecule has 2 heterocycles. The van der Waals surface area contributed by atoms with Crippen molar-refractivity contribution in [2.24, 2.45) is 5.92 Å². The van der Waals surface area contributed by atoms with Gasteiger partial charge in [-0.3, -0.25) is 4.79 Å². The molecule has 5 nitrogen and oxygen atoms in total. The standard InChI is InChI=1S/C18H24N2O3S/c21-18(16-11-12-5-1-3-7-14(12)19-16)20-15-9-10-24(22,23)17-8-4-2-6-13(15)17/h2,4,6,8,12,14-16,19H,1,3,5,7,9-11H2,(H,20,21)/t12-,14+,15-,16+/m1/s1. The summed E-state index contributed by atoms with van der Waals surface area (Å²) < 4.78 is 24.4. The number of hydrogen-bond acceptors (Lipinski definition) is 4. The SMILES string of the molecule is O=C(N[C@@H]1CCS(=O)(=O)c2ccccc21)[C@@H]1C[C@H]2CCCC[C@@H]2N1. The van der Waals surface area contributed by atoms with Crippen molar-refractivity contribution in [1.29, 1.82) is 0 Å². The van der Waals surface area contributed by atoms with Crippen molar-refractivity contribution >= 4 is 15.7 Å². The van der Waals surface area contributed by atoms with Crippen LogP contribution in [0.4, 0.5) is 0 Å². The van der Waals surface area contributed by atoms with E-state index in [0.717, 1.165) is 12.0 Å². The number of sulfone groups is 1. The summed E-state index contributed by atoms with van der Waals surface area (Å²) in [4.78, 5) is 13.1. The Hall–Kier alpha value is -1.40. The maximum Gasteiger partial charge on any atom is 0.237 e. The lowest BCUT2D eigenvalue weighted by molar-refractivity contribution is -0.123. The van der Waals surface area contributed by atoms with E-state index in [1.807, 2.05) is 12.1 Å². The van der Waals surface area contributed by atoms with Crippen LogP contribution in [0.1, 0.15) is 50.1 Å². The van der Waals surface area contributed by atoms with Crippen LogP contribution in [0, 0.1) is 5.92 Å². The molecule has 2 aliphatic heterocycles. The predicted octanol–water partition coefficient (Wildman–Crippen LogP) is 1.94. The van der Waals surface area contributed by atoms with E-state index in [1.165, 1.54) is 25.7 Å². The lowest BCUT2D eigenvalue weighted by Gasteiger charge is -2.27. The first-order valence-corrected chi connectivity index (χ1v) is 10.6. The third-order valence-electron chi connectivity index (χ3n) is 5.80. The van der Waals surface area contributed by atoms with E-state index in [9.17, 15) is 13.2 Å². The molecule has 0 spiro atoms. The molecule has 0 radical (unpaired) electrons. The second-order valence-electron chi connectivity index (χ2n) is 7.31. The zero-order chi connectivity index (χ0) is 16.7. The molecule has 1 aliphatic carbocycles. The zero-order valence-electron chi connectivity index (χ0n) is 13.7. The topological polar surface area (TPSA) is 75.3 Å². The molecule has 0 bridgehead atoms. The summed E-state index contributed by atoms with van der Waals surface area (Å²) >= 11 is 0. The first-order valence-electron chi connectivity index (χ1n) is 8.93. The van der Waals surface area contributed by atoms with Crippen molar-refractivity contribution in [3.05, 3.63) is 29.8 Å². The normalized spacial score (nSPS) is 34.2. The fourth-order valence-electron chi connectivity index (χ4n) is 4.53. The van der Waals surface area contributed by atoms with Gasteiger partial charge in [0.15, 0.2) is 9.84 Å². The van der Waals surface area contributed by atoms with Crippen LogP contribution >= 0.6 is 0 Å². The van der Waals surface area contributed by atoms with E-state index in [0.29, 0.717) is 23.3 Å². The Morgan fingerprint density at radius 3 is 2.75 bits per heavy atom. The van der Waals surface area contributed by atoms with Crippen LogP contribution in [-0.4, -0.2) is 32.2 Å². The molecule has 0 unspecified atom stereocenters. The van der Waals surface area contributed by atoms with Gasteiger partial charge in [-0.1, -0.05) is 31.0 Å². The Labute approximate surface area is 143 Å². The van der Waals surface area contributed by atoms with Crippen LogP contribution in [0.25, 0.3) is 0 Å². The quantitative estimate of drug-likeness (QED) is 0.856. The fraction of sp³-hybridized carbons (Fsp3) is 0.611. The molecule has 6 heteroatoms. The van der Waals surface area contributed by atoms with Crippen molar-refractivity contribution in [2.45, 2.75) is 61.5 Å². The number of carbonyl (C=O) groups is 1. The molecular weight excluding hydrogens is 324 g/mol. The lowest BCUT2D eigenvalue weighted by Crippen LogP contribution is -2.45. The van der Waals surface area contributed by atoms with Gasteiger partial charge in [0.2, 0.25) is 5.91 Å². The van der Waals surface area contributed by atoms with Crippen molar-refractivity contribution in [3.63, 3.8) is 0 Å².